The molecule has 2 atom stereocenters. The number of halogens is 2. The van der Waals surface area contributed by atoms with Crippen LogP contribution in [0, 0.1) is 5.92 Å². The fourth-order valence-electron chi connectivity index (χ4n) is 3.56. The van der Waals surface area contributed by atoms with Crippen molar-refractivity contribution in [2.24, 2.45) is 11.7 Å². The summed E-state index contributed by atoms with van der Waals surface area (Å²) in [5, 5.41) is 3.06. The van der Waals surface area contributed by atoms with Crippen LogP contribution < -0.4 is 11.1 Å². The fourth-order valence-corrected chi connectivity index (χ4v) is 3.56. The number of carbonyl (C=O) groups excluding carboxylic acids is 1. The standard InChI is InChI=1S/C16H32N4O.2ClH/c1-19-8-9-20(2)14(12-19)11-18-16(21)15(17)10-13-6-4-3-5-7-13;;/h13-15H,3-12,17H2,1-2H3,(H,18,21);2*1H. The highest BCUT2D eigenvalue weighted by Gasteiger charge is 2.25. The zero-order valence-corrected chi connectivity index (χ0v) is 16.1. The minimum absolute atomic E-state index is 0. The average molecular weight is 369 g/mol. The normalized spacial score (nSPS) is 25.1. The Hall–Kier alpha value is -0.0700. The first-order chi connectivity index (χ1) is 10.1. The molecule has 1 saturated carbocycles. The molecule has 1 aliphatic carbocycles. The molecule has 0 radical (unpaired) electrons. The predicted molar refractivity (Wildman–Crippen MR) is 101 cm³/mol. The first-order valence-electron chi connectivity index (χ1n) is 8.48. The number of amides is 1. The lowest BCUT2D eigenvalue weighted by atomic mass is 9.85. The molecular weight excluding hydrogens is 335 g/mol. The molecule has 2 fully saturated rings. The van der Waals surface area contributed by atoms with Gasteiger partial charge in [0.1, 0.15) is 0 Å². The highest BCUT2D eigenvalue weighted by atomic mass is 35.5. The van der Waals surface area contributed by atoms with Crippen LogP contribution in [0.2, 0.25) is 0 Å². The van der Waals surface area contributed by atoms with Crippen molar-refractivity contribution in [3.05, 3.63) is 0 Å². The minimum atomic E-state index is -0.334. The van der Waals surface area contributed by atoms with Gasteiger partial charge >= 0.3 is 0 Å². The van der Waals surface area contributed by atoms with Gasteiger partial charge in [0, 0.05) is 32.2 Å². The third-order valence-electron chi connectivity index (χ3n) is 5.14. The first-order valence-corrected chi connectivity index (χ1v) is 8.48. The van der Waals surface area contributed by atoms with Gasteiger partial charge in [-0.15, -0.1) is 24.8 Å². The summed E-state index contributed by atoms with van der Waals surface area (Å²) in [5.74, 6) is 0.685. The Kier molecular flexibility index (Phi) is 11.4. The van der Waals surface area contributed by atoms with Crippen LogP contribution in [0.1, 0.15) is 38.5 Å². The summed E-state index contributed by atoms with van der Waals surface area (Å²) in [5.41, 5.74) is 6.09. The van der Waals surface area contributed by atoms with Gasteiger partial charge in [-0.1, -0.05) is 32.1 Å². The number of carbonyl (C=O) groups is 1. The Morgan fingerprint density at radius 3 is 2.48 bits per heavy atom. The summed E-state index contributed by atoms with van der Waals surface area (Å²) in [7, 11) is 4.27. The van der Waals surface area contributed by atoms with Gasteiger partial charge in [0.25, 0.3) is 0 Å². The van der Waals surface area contributed by atoms with E-state index in [9.17, 15) is 4.79 Å². The molecule has 2 aliphatic rings. The van der Waals surface area contributed by atoms with E-state index in [0.717, 1.165) is 26.1 Å². The van der Waals surface area contributed by atoms with Crippen molar-refractivity contribution in [1.29, 1.82) is 0 Å². The lowest BCUT2D eigenvalue weighted by Crippen LogP contribution is -2.55. The molecule has 5 nitrogen and oxygen atoms in total. The molecule has 7 heteroatoms. The summed E-state index contributed by atoms with van der Waals surface area (Å²) >= 11 is 0. The molecule has 23 heavy (non-hydrogen) atoms. The fraction of sp³-hybridized carbons (Fsp3) is 0.938. The van der Waals surface area contributed by atoms with Crippen molar-refractivity contribution in [1.82, 2.24) is 15.1 Å². The molecule has 138 valence electrons. The number of nitrogens with zero attached hydrogens (tertiary/aromatic N) is 2. The first kappa shape index (κ1) is 22.9. The summed E-state index contributed by atoms with van der Waals surface area (Å²) < 4.78 is 0. The summed E-state index contributed by atoms with van der Waals surface area (Å²) in [6.45, 7) is 3.87. The van der Waals surface area contributed by atoms with E-state index in [2.05, 4.69) is 29.2 Å². The highest BCUT2D eigenvalue weighted by Crippen LogP contribution is 2.26. The van der Waals surface area contributed by atoms with Gasteiger partial charge in [0.05, 0.1) is 6.04 Å². The van der Waals surface area contributed by atoms with Gasteiger partial charge in [-0.05, 0) is 26.4 Å². The maximum atomic E-state index is 12.2. The van der Waals surface area contributed by atoms with Gasteiger partial charge in [-0.2, -0.15) is 0 Å². The Bertz CT molecular complexity index is 340. The molecular formula is C16H34Cl2N4O. The molecule has 0 aromatic heterocycles. The smallest absolute Gasteiger partial charge is 0.236 e. The van der Waals surface area contributed by atoms with Crippen molar-refractivity contribution < 1.29 is 4.79 Å². The molecule has 1 saturated heterocycles. The third kappa shape index (κ3) is 7.57. The zero-order chi connectivity index (χ0) is 15.2. The Morgan fingerprint density at radius 1 is 1.17 bits per heavy atom. The van der Waals surface area contributed by atoms with Crippen LogP contribution in [-0.4, -0.2) is 68.1 Å². The number of hydrogen-bond acceptors (Lipinski definition) is 4. The monoisotopic (exact) mass is 368 g/mol. The molecule has 2 unspecified atom stereocenters. The lowest BCUT2D eigenvalue weighted by molar-refractivity contribution is -0.123. The van der Waals surface area contributed by atoms with E-state index in [-0.39, 0.29) is 36.8 Å². The number of likely N-dealkylation sites (N-methyl/N-ethyl adjacent to an activating group) is 2. The van der Waals surface area contributed by atoms with Crippen LogP contribution in [0.5, 0.6) is 0 Å². The summed E-state index contributed by atoms with van der Waals surface area (Å²) in [6.07, 6.45) is 7.30. The molecule has 1 heterocycles. The largest absolute Gasteiger partial charge is 0.353 e. The van der Waals surface area contributed by atoms with Crippen molar-refractivity contribution in [3.8, 4) is 0 Å². The van der Waals surface area contributed by atoms with Crippen LogP contribution >= 0.6 is 24.8 Å². The van der Waals surface area contributed by atoms with Gasteiger partial charge in [-0.3, -0.25) is 9.69 Å². The number of rotatable bonds is 5. The average Bonchev–Trinajstić information content (AvgIpc) is 2.49. The van der Waals surface area contributed by atoms with Gasteiger partial charge < -0.3 is 16.0 Å². The van der Waals surface area contributed by atoms with Crippen molar-refractivity contribution in [2.75, 3.05) is 40.3 Å². The minimum Gasteiger partial charge on any atom is -0.353 e. The van der Waals surface area contributed by atoms with Crippen molar-refractivity contribution in [2.45, 2.75) is 50.6 Å². The van der Waals surface area contributed by atoms with E-state index in [1.165, 1.54) is 32.1 Å². The zero-order valence-electron chi connectivity index (χ0n) is 14.5. The topological polar surface area (TPSA) is 61.6 Å². The number of piperazine rings is 1. The quantitative estimate of drug-likeness (QED) is 0.771. The Labute approximate surface area is 153 Å². The number of hydrogen-bond donors (Lipinski definition) is 2. The van der Waals surface area contributed by atoms with Crippen LogP contribution in [0.15, 0.2) is 0 Å². The van der Waals surface area contributed by atoms with E-state index in [0.29, 0.717) is 18.5 Å². The van der Waals surface area contributed by atoms with E-state index in [1.54, 1.807) is 0 Å². The van der Waals surface area contributed by atoms with E-state index >= 15 is 0 Å². The maximum absolute atomic E-state index is 12.2. The van der Waals surface area contributed by atoms with Crippen molar-refractivity contribution in [3.63, 3.8) is 0 Å². The number of nitrogens with two attached hydrogens (primary N) is 1. The molecule has 0 spiro atoms. The van der Waals surface area contributed by atoms with Crippen molar-refractivity contribution >= 4 is 30.7 Å². The molecule has 3 N–H and O–H groups in total. The second-order valence-electron chi connectivity index (χ2n) is 6.99. The maximum Gasteiger partial charge on any atom is 0.236 e. The summed E-state index contributed by atoms with van der Waals surface area (Å²) in [4.78, 5) is 16.8. The molecule has 2 rings (SSSR count). The van der Waals surface area contributed by atoms with Gasteiger partial charge in [-0.25, -0.2) is 0 Å². The Balaban J connectivity index is 0.00000242. The summed E-state index contributed by atoms with van der Waals surface area (Å²) in [6, 6.07) is 0.0642. The van der Waals surface area contributed by atoms with E-state index in [4.69, 9.17) is 5.73 Å². The predicted octanol–water partition coefficient (Wildman–Crippen LogP) is 1.49. The SMILES string of the molecule is CN1CCN(C)C(CNC(=O)C(N)CC2CCCCC2)C1.Cl.Cl. The molecule has 1 aliphatic heterocycles. The second kappa shape index (κ2) is 11.5. The van der Waals surface area contributed by atoms with E-state index < -0.39 is 0 Å². The molecule has 1 amide bonds. The molecule has 0 bridgehead atoms. The van der Waals surface area contributed by atoms with Gasteiger partial charge in [0.2, 0.25) is 5.91 Å². The number of nitrogens with one attached hydrogen (secondary N) is 1. The van der Waals surface area contributed by atoms with Crippen LogP contribution in [-0.2, 0) is 4.79 Å². The molecule has 0 aromatic rings. The van der Waals surface area contributed by atoms with Crippen LogP contribution in [0.4, 0.5) is 0 Å². The van der Waals surface area contributed by atoms with Crippen LogP contribution in [0.25, 0.3) is 0 Å². The van der Waals surface area contributed by atoms with Crippen LogP contribution in [0.3, 0.4) is 0 Å². The second-order valence-corrected chi connectivity index (χ2v) is 6.99. The highest BCUT2D eigenvalue weighted by molar-refractivity contribution is 5.85. The van der Waals surface area contributed by atoms with Gasteiger partial charge in [0.15, 0.2) is 0 Å². The molecule has 0 aromatic carbocycles. The Morgan fingerprint density at radius 2 is 1.83 bits per heavy atom. The third-order valence-corrected chi connectivity index (χ3v) is 5.14. The van der Waals surface area contributed by atoms with E-state index in [1.807, 2.05) is 0 Å². The lowest BCUT2D eigenvalue weighted by Gasteiger charge is -2.37.